The Labute approximate surface area is 129 Å². The molecular formula is C17H30N4. The lowest BCUT2D eigenvalue weighted by atomic mass is 9.81. The Bertz CT molecular complexity index is 442. The van der Waals surface area contributed by atoms with Crippen LogP contribution in [0.15, 0.2) is 18.5 Å². The van der Waals surface area contributed by atoms with Gasteiger partial charge in [-0.3, -0.25) is 9.88 Å². The highest BCUT2D eigenvalue weighted by atomic mass is 15.2. The second-order valence-electron chi connectivity index (χ2n) is 6.25. The van der Waals surface area contributed by atoms with Crippen LogP contribution in [0.25, 0.3) is 0 Å². The largest absolute Gasteiger partial charge is 0.398 e. The number of likely N-dealkylation sites (N-methyl/N-ethyl adjacent to an activating group) is 1. The molecule has 4 heteroatoms. The summed E-state index contributed by atoms with van der Waals surface area (Å²) in [6.07, 6.45) is 8.76. The van der Waals surface area contributed by atoms with Crippen molar-refractivity contribution in [1.29, 1.82) is 0 Å². The molecule has 3 N–H and O–H groups in total. The third kappa shape index (κ3) is 3.38. The molecule has 2 rings (SSSR count). The Morgan fingerprint density at radius 1 is 1.33 bits per heavy atom. The van der Waals surface area contributed by atoms with E-state index in [4.69, 9.17) is 5.73 Å². The molecule has 2 heterocycles. The number of piperidine rings is 1. The molecule has 1 aromatic rings. The van der Waals surface area contributed by atoms with Crippen molar-refractivity contribution in [3.05, 3.63) is 24.0 Å². The first kappa shape index (κ1) is 16.2. The fraction of sp³-hybridized carbons (Fsp3) is 0.706. The molecule has 0 amide bonds. The number of hydrogen-bond donors (Lipinski definition) is 2. The molecular weight excluding hydrogens is 260 g/mol. The zero-order valence-corrected chi connectivity index (χ0v) is 13.7. The van der Waals surface area contributed by atoms with Crippen molar-refractivity contribution in [1.82, 2.24) is 15.2 Å². The molecule has 118 valence electrons. The maximum Gasteiger partial charge on any atom is 0.0540 e. The number of nitrogens with one attached hydrogen (secondary N) is 1. The molecule has 0 radical (unpaired) electrons. The molecule has 1 aliphatic rings. The number of aromatic nitrogens is 1. The Balaban J connectivity index is 2.35. The first-order valence-corrected chi connectivity index (χ1v) is 8.31. The highest BCUT2D eigenvalue weighted by Gasteiger charge is 2.39. The van der Waals surface area contributed by atoms with E-state index in [9.17, 15) is 0 Å². The van der Waals surface area contributed by atoms with Gasteiger partial charge in [-0.05, 0) is 51.9 Å². The summed E-state index contributed by atoms with van der Waals surface area (Å²) in [5.74, 6) is 0. The third-order valence-corrected chi connectivity index (χ3v) is 5.02. The molecule has 0 aromatic carbocycles. The maximum atomic E-state index is 6.23. The van der Waals surface area contributed by atoms with E-state index < -0.39 is 0 Å². The van der Waals surface area contributed by atoms with E-state index in [2.05, 4.69) is 36.0 Å². The lowest BCUT2D eigenvalue weighted by Crippen LogP contribution is -2.56. The number of anilines is 1. The number of pyridine rings is 1. The van der Waals surface area contributed by atoms with Crippen molar-refractivity contribution < 1.29 is 0 Å². The van der Waals surface area contributed by atoms with Crippen molar-refractivity contribution >= 4 is 5.69 Å². The van der Waals surface area contributed by atoms with E-state index >= 15 is 0 Å². The van der Waals surface area contributed by atoms with Gasteiger partial charge in [0.25, 0.3) is 0 Å². The summed E-state index contributed by atoms with van der Waals surface area (Å²) in [5.41, 5.74) is 8.29. The summed E-state index contributed by atoms with van der Waals surface area (Å²) in [5, 5.41) is 3.67. The van der Waals surface area contributed by atoms with E-state index in [1.54, 1.807) is 6.20 Å². The van der Waals surface area contributed by atoms with E-state index in [0.29, 0.717) is 0 Å². The molecule has 1 fully saturated rings. The molecule has 0 aliphatic carbocycles. The topological polar surface area (TPSA) is 54.2 Å². The quantitative estimate of drug-likeness (QED) is 0.846. The lowest BCUT2D eigenvalue weighted by Gasteiger charge is -2.48. The van der Waals surface area contributed by atoms with Crippen molar-refractivity contribution in [2.24, 2.45) is 0 Å². The molecule has 0 bridgehead atoms. The van der Waals surface area contributed by atoms with E-state index in [0.717, 1.165) is 24.2 Å². The second kappa shape index (κ2) is 7.23. The first-order valence-electron chi connectivity index (χ1n) is 8.31. The summed E-state index contributed by atoms with van der Waals surface area (Å²) in [7, 11) is 0. The number of nitrogens with two attached hydrogens (primary N) is 1. The maximum absolute atomic E-state index is 6.23. The summed E-state index contributed by atoms with van der Waals surface area (Å²) in [6, 6.07) is 2.13. The molecule has 0 saturated carbocycles. The molecule has 2 unspecified atom stereocenters. The number of hydrogen-bond acceptors (Lipinski definition) is 4. The molecule has 2 atom stereocenters. The Kier molecular flexibility index (Phi) is 5.59. The van der Waals surface area contributed by atoms with Crippen LogP contribution in [-0.4, -0.2) is 35.1 Å². The van der Waals surface area contributed by atoms with Crippen molar-refractivity contribution in [2.45, 2.75) is 58.0 Å². The van der Waals surface area contributed by atoms with Gasteiger partial charge >= 0.3 is 0 Å². The van der Waals surface area contributed by atoms with Gasteiger partial charge in [0, 0.05) is 29.2 Å². The summed E-state index contributed by atoms with van der Waals surface area (Å²) < 4.78 is 0. The zero-order valence-electron chi connectivity index (χ0n) is 13.7. The fourth-order valence-corrected chi connectivity index (χ4v) is 3.54. The molecule has 1 saturated heterocycles. The van der Waals surface area contributed by atoms with Crippen molar-refractivity contribution in [3.63, 3.8) is 0 Å². The van der Waals surface area contributed by atoms with E-state index in [1.165, 1.54) is 32.4 Å². The SMILES string of the molecule is CCNC(c1cnccc1N)C(C)(CC)N1CCCCC1. The van der Waals surface area contributed by atoms with Gasteiger partial charge in [-0.15, -0.1) is 0 Å². The van der Waals surface area contributed by atoms with Gasteiger partial charge in [0.2, 0.25) is 0 Å². The molecule has 1 aliphatic heterocycles. The minimum Gasteiger partial charge on any atom is -0.398 e. The predicted molar refractivity (Wildman–Crippen MR) is 89.2 cm³/mol. The van der Waals surface area contributed by atoms with Crippen LogP contribution in [0, 0.1) is 0 Å². The highest BCUT2D eigenvalue weighted by Crippen LogP contribution is 2.37. The van der Waals surface area contributed by atoms with Gasteiger partial charge in [0.1, 0.15) is 0 Å². The van der Waals surface area contributed by atoms with Crippen LogP contribution < -0.4 is 11.1 Å². The third-order valence-electron chi connectivity index (χ3n) is 5.02. The average molecular weight is 290 g/mol. The monoisotopic (exact) mass is 290 g/mol. The Morgan fingerprint density at radius 3 is 2.62 bits per heavy atom. The molecule has 0 spiro atoms. The van der Waals surface area contributed by atoms with E-state index in [1.807, 2.05) is 12.3 Å². The van der Waals surface area contributed by atoms with Crippen LogP contribution in [0.4, 0.5) is 5.69 Å². The number of rotatable bonds is 6. The smallest absolute Gasteiger partial charge is 0.0540 e. The normalized spacial score (nSPS) is 20.9. The van der Waals surface area contributed by atoms with Gasteiger partial charge < -0.3 is 11.1 Å². The van der Waals surface area contributed by atoms with Crippen LogP contribution in [0.2, 0.25) is 0 Å². The van der Waals surface area contributed by atoms with Gasteiger partial charge in [-0.25, -0.2) is 0 Å². The van der Waals surface area contributed by atoms with Crippen LogP contribution in [0.5, 0.6) is 0 Å². The van der Waals surface area contributed by atoms with Crippen LogP contribution in [-0.2, 0) is 0 Å². The van der Waals surface area contributed by atoms with Crippen LogP contribution in [0.1, 0.15) is 58.1 Å². The standard InChI is InChI=1S/C17H30N4/c1-4-17(3,21-11-7-6-8-12-21)16(20-5-2)14-13-19-10-9-15(14)18/h9-10,13,16,20H,4-8,11-12H2,1-3H3,(H2,18,19). The number of nitrogens with zero attached hydrogens (tertiary/aromatic N) is 2. The molecule has 4 nitrogen and oxygen atoms in total. The predicted octanol–water partition coefficient (Wildman–Crippen LogP) is 2.97. The molecule has 1 aromatic heterocycles. The lowest BCUT2D eigenvalue weighted by molar-refractivity contribution is 0.0430. The van der Waals surface area contributed by atoms with Crippen LogP contribution in [0.3, 0.4) is 0 Å². The fourth-order valence-electron chi connectivity index (χ4n) is 3.54. The van der Waals surface area contributed by atoms with Gasteiger partial charge in [-0.1, -0.05) is 20.3 Å². The van der Waals surface area contributed by atoms with Gasteiger partial charge in [0.15, 0.2) is 0 Å². The van der Waals surface area contributed by atoms with Crippen molar-refractivity contribution in [2.75, 3.05) is 25.4 Å². The van der Waals surface area contributed by atoms with Crippen LogP contribution >= 0.6 is 0 Å². The minimum atomic E-state index is 0.0770. The van der Waals surface area contributed by atoms with E-state index in [-0.39, 0.29) is 11.6 Å². The number of likely N-dealkylation sites (tertiary alicyclic amines) is 1. The zero-order chi connectivity index (χ0) is 15.3. The Hall–Kier alpha value is -1.13. The number of nitrogen functional groups attached to an aromatic ring is 1. The second-order valence-corrected chi connectivity index (χ2v) is 6.25. The Morgan fingerprint density at radius 2 is 2.05 bits per heavy atom. The summed E-state index contributed by atoms with van der Waals surface area (Å²) >= 11 is 0. The highest BCUT2D eigenvalue weighted by molar-refractivity contribution is 5.47. The minimum absolute atomic E-state index is 0.0770. The first-order chi connectivity index (χ1) is 10.1. The average Bonchev–Trinajstić information content (AvgIpc) is 2.53. The van der Waals surface area contributed by atoms with Crippen molar-refractivity contribution in [3.8, 4) is 0 Å². The summed E-state index contributed by atoms with van der Waals surface area (Å²) in [4.78, 5) is 6.95. The van der Waals surface area contributed by atoms with Gasteiger partial charge in [-0.2, -0.15) is 0 Å². The summed E-state index contributed by atoms with van der Waals surface area (Å²) in [6.45, 7) is 10.1. The van der Waals surface area contributed by atoms with Gasteiger partial charge in [0.05, 0.1) is 6.04 Å². The molecule has 21 heavy (non-hydrogen) atoms.